The number of benzene rings is 2. The molecule has 0 radical (unpaired) electrons. The maximum atomic E-state index is 13.1. The average molecular weight is 514 g/mol. The Kier molecular flexibility index (Phi) is 5.91. The lowest BCUT2D eigenvalue weighted by Gasteiger charge is -2.23. The first-order valence-electron chi connectivity index (χ1n) is 12.9. The van der Waals surface area contributed by atoms with Crippen LogP contribution in [0, 0.1) is 0 Å². The Hall–Kier alpha value is -4.18. The van der Waals surface area contributed by atoms with Crippen molar-refractivity contribution in [2.24, 2.45) is 0 Å². The second kappa shape index (κ2) is 9.29. The fourth-order valence-electron chi connectivity index (χ4n) is 5.08. The van der Waals surface area contributed by atoms with Gasteiger partial charge in [-0.25, -0.2) is 14.6 Å². The van der Waals surface area contributed by atoms with Gasteiger partial charge in [-0.1, -0.05) is 32.9 Å². The van der Waals surface area contributed by atoms with E-state index in [1.807, 2.05) is 35.0 Å². The smallest absolute Gasteiger partial charge is 0.255 e. The molecule has 0 saturated carbocycles. The summed E-state index contributed by atoms with van der Waals surface area (Å²) in [5.41, 5.74) is 10.6. The molecule has 1 saturated heterocycles. The van der Waals surface area contributed by atoms with Gasteiger partial charge in [-0.2, -0.15) is 5.10 Å². The SMILES string of the molecule is CC(C)(C)c1ccc(C(=O)Nc2ccc(-c3nn([C@@H]4CCCNC4)c4ncnc(N)c34)c3c2OCO3)cc1. The number of nitrogen functional groups attached to an aromatic ring is 1. The predicted octanol–water partition coefficient (Wildman–Crippen LogP) is 4.28. The minimum atomic E-state index is -0.229. The number of amides is 1. The van der Waals surface area contributed by atoms with Crippen molar-refractivity contribution >= 4 is 28.4 Å². The topological polar surface area (TPSA) is 129 Å². The Labute approximate surface area is 220 Å². The predicted molar refractivity (Wildman–Crippen MR) is 146 cm³/mol. The van der Waals surface area contributed by atoms with Gasteiger partial charge in [0, 0.05) is 17.7 Å². The lowest BCUT2D eigenvalue weighted by atomic mass is 9.87. The molecule has 4 heterocycles. The van der Waals surface area contributed by atoms with E-state index >= 15 is 0 Å². The molecule has 0 spiro atoms. The summed E-state index contributed by atoms with van der Waals surface area (Å²) in [6, 6.07) is 11.5. The highest BCUT2D eigenvalue weighted by molar-refractivity contribution is 6.06. The maximum Gasteiger partial charge on any atom is 0.255 e. The van der Waals surface area contributed by atoms with Crippen molar-refractivity contribution in [3.8, 4) is 22.8 Å². The van der Waals surface area contributed by atoms with E-state index in [0.29, 0.717) is 50.9 Å². The molecule has 4 aromatic rings. The number of rotatable bonds is 4. The van der Waals surface area contributed by atoms with Gasteiger partial charge in [-0.05, 0) is 54.6 Å². The van der Waals surface area contributed by atoms with Gasteiger partial charge in [0.1, 0.15) is 17.8 Å². The van der Waals surface area contributed by atoms with Crippen LogP contribution < -0.4 is 25.8 Å². The van der Waals surface area contributed by atoms with Crippen molar-refractivity contribution in [1.82, 2.24) is 25.1 Å². The molecule has 10 heteroatoms. The number of nitrogens with zero attached hydrogens (tertiary/aromatic N) is 4. The summed E-state index contributed by atoms with van der Waals surface area (Å²) < 4.78 is 13.6. The van der Waals surface area contributed by atoms with E-state index in [1.165, 1.54) is 6.33 Å². The minimum absolute atomic E-state index is 0.00985. The van der Waals surface area contributed by atoms with E-state index in [0.717, 1.165) is 31.5 Å². The molecule has 38 heavy (non-hydrogen) atoms. The number of ether oxygens (including phenoxy) is 2. The van der Waals surface area contributed by atoms with Crippen molar-refractivity contribution in [2.75, 3.05) is 30.9 Å². The van der Waals surface area contributed by atoms with Crippen LogP contribution in [0.15, 0.2) is 42.7 Å². The summed E-state index contributed by atoms with van der Waals surface area (Å²) in [5.74, 6) is 1.08. The molecule has 1 fully saturated rings. The third-order valence-electron chi connectivity index (χ3n) is 7.17. The first kappa shape index (κ1) is 24.2. The molecule has 2 aromatic heterocycles. The van der Waals surface area contributed by atoms with Crippen molar-refractivity contribution in [3.63, 3.8) is 0 Å². The number of anilines is 2. The monoisotopic (exact) mass is 513 g/mol. The third-order valence-corrected chi connectivity index (χ3v) is 7.17. The first-order chi connectivity index (χ1) is 18.3. The average Bonchev–Trinajstić information content (AvgIpc) is 3.56. The van der Waals surface area contributed by atoms with E-state index in [9.17, 15) is 4.79 Å². The van der Waals surface area contributed by atoms with Crippen molar-refractivity contribution in [3.05, 3.63) is 53.9 Å². The van der Waals surface area contributed by atoms with Crippen LogP contribution in [0.25, 0.3) is 22.3 Å². The highest BCUT2D eigenvalue weighted by Crippen LogP contribution is 2.48. The first-order valence-corrected chi connectivity index (χ1v) is 12.9. The molecule has 6 rings (SSSR count). The maximum absolute atomic E-state index is 13.1. The van der Waals surface area contributed by atoms with Gasteiger partial charge in [0.2, 0.25) is 6.79 Å². The molecule has 0 unspecified atom stereocenters. The van der Waals surface area contributed by atoms with Gasteiger partial charge in [-0.15, -0.1) is 0 Å². The number of hydrogen-bond donors (Lipinski definition) is 3. The van der Waals surface area contributed by atoms with Gasteiger partial charge in [-0.3, -0.25) is 4.79 Å². The number of aromatic nitrogens is 4. The van der Waals surface area contributed by atoms with Crippen LogP contribution in [0.2, 0.25) is 0 Å². The second-order valence-electron chi connectivity index (χ2n) is 10.8. The minimum Gasteiger partial charge on any atom is -0.453 e. The van der Waals surface area contributed by atoms with Crippen LogP contribution in [0.1, 0.15) is 55.6 Å². The van der Waals surface area contributed by atoms with Crippen molar-refractivity contribution < 1.29 is 14.3 Å². The second-order valence-corrected chi connectivity index (χ2v) is 10.8. The quantitative estimate of drug-likeness (QED) is 0.369. The summed E-state index contributed by atoms with van der Waals surface area (Å²) in [4.78, 5) is 21.8. The van der Waals surface area contributed by atoms with Gasteiger partial charge in [0.15, 0.2) is 17.1 Å². The van der Waals surface area contributed by atoms with E-state index in [-0.39, 0.29) is 24.2 Å². The number of carbonyl (C=O) groups excluding carboxylic acids is 1. The number of nitrogens with two attached hydrogens (primary N) is 1. The lowest BCUT2D eigenvalue weighted by molar-refractivity contribution is 0.102. The number of fused-ring (bicyclic) bond motifs is 2. The van der Waals surface area contributed by atoms with Crippen LogP contribution in [0.5, 0.6) is 11.5 Å². The fourth-order valence-corrected chi connectivity index (χ4v) is 5.08. The van der Waals surface area contributed by atoms with Gasteiger partial charge in [0.25, 0.3) is 5.91 Å². The van der Waals surface area contributed by atoms with Crippen LogP contribution in [-0.4, -0.2) is 45.5 Å². The zero-order valence-corrected chi connectivity index (χ0v) is 21.7. The molecule has 0 bridgehead atoms. The normalized spacial score (nSPS) is 17.1. The van der Waals surface area contributed by atoms with E-state index in [2.05, 4.69) is 41.4 Å². The standard InChI is InChI=1S/C28H31N7O3/c1-28(2,3)17-8-6-16(7-9-17)27(36)33-20-11-10-19(23-24(20)38-15-37-23)22-21-25(29)31-14-32-26(21)35(34-22)18-5-4-12-30-13-18/h6-11,14,18,30H,4-5,12-13,15H2,1-3H3,(H,33,36)(H2,29,31,32)/t18-/m1/s1. The van der Waals surface area contributed by atoms with Gasteiger partial charge in [0.05, 0.1) is 17.1 Å². The van der Waals surface area contributed by atoms with Crippen LogP contribution in [-0.2, 0) is 5.41 Å². The van der Waals surface area contributed by atoms with E-state index in [4.69, 9.17) is 20.3 Å². The zero-order valence-electron chi connectivity index (χ0n) is 21.7. The summed E-state index contributed by atoms with van der Waals surface area (Å²) >= 11 is 0. The van der Waals surface area contributed by atoms with E-state index in [1.54, 1.807) is 6.07 Å². The van der Waals surface area contributed by atoms with Crippen molar-refractivity contribution in [2.45, 2.75) is 45.1 Å². The fraction of sp³-hybridized carbons (Fsp3) is 0.357. The number of piperidine rings is 1. The molecule has 0 aliphatic carbocycles. The Morgan fingerprint density at radius 2 is 1.89 bits per heavy atom. The van der Waals surface area contributed by atoms with Crippen LogP contribution in [0.4, 0.5) is 11.5 Å². The van der Waals surface area contributed by atoms with Crippen molar-refractivity contribution in [1.29, 1.82) is 0 Å². The molecular weight excluding hydrogens is 482 g/mol. The van der Waals surface area contributed by atoms with Gasteiger partial charge >= 0.3 is 0 Å². The zero-order chi connectivity index (χ0) is 26.4. The third kappa shape index (κ3) is 4.20. The molecule has 2 aliphatic rings. The summed E-state index contributed by atoms with van der Waals surface area (Å²) in [6.07, 6.45) is 3.51. The highest BCUT2D eigenvalue weighted by atomic mass is 16.7. The summed E-state index contributed by atoms with van der Waals surface area (Å²) in [5, 5.41) is 12.0. The molecule has 196 valence electrons. The van der Waals surface area contributed by atoms with Gasteiger partial charge < -0.3 is 25.8 Å². The molecule has 2 aliphatic heterocycles. The molecular formula is C28H31N7O3. The van der Waals surface area contributed by atoms with Crippen LogP contribution >= 0.6 is 0 Å². The molecule has 1 amide bonds. The Bertz CT molecular complexity index is 1520. The molecule has 10 nitrogen and oxygen atoms in total. The Morgan fingerprint density at radius 1 is 1.11 bits per heavy atom. The summed E-state index contributed by atoms with van der Waals surface area (Å²) in [7, 11) is 0. The molecule has 4 N–H and O–H groups in total. The Balaban J connectivity index is 1.37. The highest BCUT2D eigenvalue weighted by Gasteiger charge is 2.29. The van der Waals surface area contributed by atoms with Crippen LogP contribution in [0.3, 0.4) is 0 Å². The summed E-state index contributed by atoms with van der Waals surface area (Å²) in [6.45, 7) is 8.26. The molecule has 2 aromatic carbocycles. The number of nitrogens with one attached hydrogen (secondary N) is 2. The van der Waals surface area contributed by atoms with E-state index < -0.39 is 0 Å². The number of carbonyl (C=O) groups is 1. The largest absolute Gasteiger partial charge is 0.453 e. The molecule has 1 atom stereocenters. The Morgan fingerprint density at radius 3 is 2.63 bits per heavy atom. The lowest BCUT2D eigenvalue weighted by Crippen LogP contribution is -2.32. The number of hydrogen-bond acceptors (Lipinski definition) is 8.